The molecule has 1 aromatic rings. The Morgan fingerprint density at radius 2 is 1.88 bits per heavy atom. The monoisotopic (exact) mass is 258 g/mol. The van der Waals surface area contributed by atoms with Crippen LogP contribution in [0.1, 0.15) is 17.6 Å². The Bertz CT molecular complexity index is 507. The molecule has 0 bridgehead atoms. The number of aromatic nitrogens is 1. The molecule has 0 unspecified atom stereocenters. The lowest BCUT2D eigenvalue weighted by molar-refractivity contribution is -0.389. The van der Waals surface area contributed by atoms with Crippen LogP contribution >= 0.6 is 0 Å². The number of hydrogen-bond acceptors (Lipinski definition) is 3. The van der Waals surface area contributed by atoms with Crippen LogP contribution in [0, 0.1) is 10.1 Å². The van der Waals surface area contributed by atoms with E-state index in [-0.39, 0.29) is 6.20 Å². The van der Waals surface area contributed by atoms with E-state index in [4.69, 9.17) is 0 Å². The maximum Gasteiger partial charge on any atom is 0.428 e. The smallest absolute Gasteiger partial charge is 0.328 e. The van der Waals surface area contributed by atoms with Gasteiger partial charge in [-0.1, -0.05) is 0 Å². The fourth-order valence-electron chi connectivity index (χ4n) is 1.16. The zero-order valence-electron chi connectivity index (χ0n) is 7.72. The number of rotatable bonds is 2. The number of halogens is 5. The molecule has 0 amide bonds. The van der Waals surface area contributed by atoms with Crippen LogP contribution in [0.25, 0.3) is 0 Å². The van der Waals surface area contributed by atoms with E-state index in [0.717, 1.165) is 0 Å². The second kappa shape index (κ2) is 4.11. The van der Waals surface area contributed by atoms with Crippen LogP contribution in [-0.4, -0.2) is 9.91 Å². The summed E-state index contributed by atoms with van der Waals surface area (Å²) in [5.41, 5.74) is -7.48. The fourth-order valence-corrected chi connectivity index (χ4v) is 1.16. The largest absolute Gasteiger partial charge is 0.428 e. The third-order valence-electron chi connectivity index (χ3n) is 1.80. The van der Waals surface area contributed by atoms with Crippen molar-refractivity contribution in [1.29, 1.82) is 0 Å². The number of alkyl halides is 5. The first-order chi connectivity index (χ1) is 7.66. The van der Waals surface area contributed by atoms with Crippen LogP contribution in [0.2, 0.25) is 0 Å². The van der Waals surface area contributed by atoms with Gasteiger partial charge < -0.3 is 4.98 Å². The molecule has 17 heavy (non-hydrogen) atoms. The van der Waals surface area contributed by atoms with Gasteiger partial charge in [-0.2, -0.15) is 13.2 Å². The second-order valence-electron chi connectivity index (χ2n) is 2.85. The highest BCUT2D eigenvalue weighted by atomic mass is 19.4. The molecule has 0 radical (unpaired) electrons. The first-order valence-electron chi connectivity index (χ1n) is 3.91. The van der Waals surface area contributed by atoms with E-state index in [1.54, 1.807) is 0 Å². The standard InChI is InChI=1S/C7H3F5N2O3/c8-5(9)2-1-13-6(15)3(7(10,11)12)4(2)14(16)17/h1,5H,(H,13,15). The fraction of sp³-hybridized carbons (Fsp3) is 0.286. The van der Waals surface area contributed by atoms with Crippen LogP contribution in [0.4, 0.5) is 27.6 Å². The van der Waals surface area contributed by atoms with Crippen LogP contribution in [-0.2, 0) is 6.18 Å². The van der Waals surface area contributed by atoms with Crippen molar-refractivity contribution in [3.8, 4) is 0 Å². The number of nitrogens with zero attached hydrogens (tertiary/aromatic N) is 1. The lowest BCUT2D eigenvalue weighted by atomic mass is 10.1. The molecule has 1 heterocycles. The maximum atomic E-state index is 12.3. The molecule has 0 aliphatic rings. The van der Waals surface area contributed by atoms with Gasteiger partial charge >= 0.3 is 6.18 Å². The minimum atomic E-state index is -5.39. The predicted octanol–water partition coefficient (Wildman–Crippen LogP) is 2.24. The minimum absolute atomic E-state index is 0.195. The van der Waals surface area contributed by atoms with E-state index in [2.05, 4.69) is 0 Å². The average molecular weight is 258 g/mol. The first kappa shape index (κ1) is 13.1. The highest BCUT2D eigenvalue weighted by Crippen LogP contribution is 2.37. The summed E-state index contributed by atoms with van der Waals surface area (Å²) < 4.78 is 61.6. The Morgan fingerprint density at radius 1 is 1.35 bits per heavy atom. The summed E-state index contributed by atoms with van der Waals surface area (Å²) in [6, 6.07) is 0. The molecule has 0 saturated heterocycles. The van der Waals surface area contributed by atoms with Crippen LogP contribution in [0.5, 0.6) is 0 Å². The molecule has 0 aromatic carbocycles. The van der Waals surface area contributed by atoms with Gasteiger partial charge in [-0.25, -0.2) is 8.78 Å². The lowest BCUT2D eigenvalue weighted by Gasteiger charge is -2.08. The van der Waals surface area contributed by atoms with Crippen LogP contribution in [0.3, 0.4) is 0 Å². The summed E-state index contributed by atoms with van der Waals surface area (Å²) in [6.45, 7) is 0. The summed E-state index contributed by atoms with van der Waals surface area (Å²) >= 11 is 0. The van der Waals surface area contributed by atoms with Crippen molar-refractivity contribution >= 4 is 5.69 Å². The number of hydrogen-bond donors (Lipinski definition) is 1. The van der Waals surface area contributed by atoms with Gasteiger partial charge in [-0.15, -0.1) is 0 Å². The van der Waals surface area contributed by atoms with Crippen molar-refractivity contribution in [2.24, 2.45) is 0 Å². The summed E-state index contributed by atoms with van der Waals surface area (Å²) in [5.74, 6) is 0. The van der Waals surface area contributed by atoms with Crippen LogP contribution < -0.4 is 5.56 Å². The molecule has 1 N–H and O–H groups in total. The van der Waals surface area contributed by atoms with Gasteiger partial charge in [0.1, 0.15) is 5.56 Å². The van der Waals surface area contributed by atoms with Gasteiger partial charge in [-0.3, -0.25) is 14.9 Å². The van der Waals surface area contributed by atoms with E-state index in [1.807, 2.05) is 0 Å². The Kier molecular flexibility index (Phi) is 3.16. The first-order valence-corrected chi connectivity index (χ1v) is 3.91. The molecule has 10 heteroatoms. The molecule has 0 spiro atoms. The van der Waals surface area contributed by atoms with Gasteiger partial charge in [0.15, 0.2) is 5.56 Å². The van der Waals surface area contributed by atoms with Gasteiger partial charge in [-0.05, 0) is 0 Å². The molecule has 0 aliphatic carbocycles. The molecule has 0 aliphatic heterocycles. The van der Waals surface area contributed by atoms with Gasteiger partial charge in [0.25, 0.3) is 17.7 Å². The topological polar surface area (TPSA) is 76.0 Å². The van der Waals surface area contributed by atoms with E-state index in [9.17, 15) is 36.9 Å². The van der Waals surface area contributed by atoms with E-state index in [0.29, 0.717) is 0 Å². The highest BCUT2D eigenvalue weighted by molar-refractivity contribution is 5.47. The normalized spacial score (nSPS) is 11.9. The molecule has 0 fully saturated rings. The number of H-pyrrole nitrogens is 1. The van der Waals surface area contributed by atoms with Crippen LogP contribution in [0.15, 0.2) is 11.0 Å². The Morgan fingerprint density at radius 3 is 2.24 bits per heavy atom. The molecule has 1 aromatic heterocycles. The third-order valence-corrected chi connectivity index (χ3v) is 1.80. The van der Waals surface area contributed by atoms with Crippen molar-refractivity contribution < 1.29 is 26.9 Å². The summed E-state index contributed by atoms with van der Waals surface area (Å²) in [5, 5.41) is 10.4. The zero-order chi connectivity index (χ0) is 13.4. The summed E-state index contributed by atoms with van der Waals surface area (Å²) in [7, 11) is 0. The van der Waals surface area contributed by atoms with Crippen molar-refractivity contribution in [3.63, 3.8) is 0 Å². The third kappa shape index (κ3) is 2.40. The van der Waals surface area contributed by atoms with Crippen molar-refractivity contribution in [2.45, 2.75) is 12.6 Å². The number of nitrogens with one attached hydrogen (secondary N) is 1. The highest BCUT2D eigenvalue weighted by Gasteiger charge is 2.44. The minimum Gasteiger partial charge on any atom is -0.328 e. The van der Waals surface area contributed by atoms with Crippen molar-refractivity contribution in [3.05, 3.63) is 37.8 Å². The SMILES string of the molecule is O=c1[nH]cc(C(F)F)c([N+](=O)[O-])c1C(F)(F)F. The van der Waals surface area contributed by atoms with E-state index >= 15 is 0 Å². The predicted molar refractivity (Wildman–Crippen MR) is 43.7 cm³/mol. The lowest BCUT2D eigenvalue weighted by Crippen LogP contribution is -2.24. The van der Waals surface area contributed by atoms with Gasteiger partial charge in [0, 0.05) is 6.20 Å². The number of nitro groups is 1. The molecular weight excluding hydrogens is 255 g/mol. The molecule has 0 atom stereocenters. The van der Waals surface area contributed by atoms with E-state index < -0.39 is 39.9 Å². The molecule has 0 saturated carbocycles. The van der Waals surface area contributed by atoms with Gasteiger partial charge in [0.05, 0.1) is 4.92 Å². The Balaban J connectivity index is 3.74. The molecule has 94 valence electrons. The summed E-state index contributed by atoms with van der Waals surface area (Å²) in [6.07, 6.45) is -8.70. The quantitative estimate of drug-likeness (QED) is 0.502. The maximum absolute atomic E-state index is 12.3. The van der Waals surface area contributed by atoms with Gasteiger partial charge in [0.2, 0.25) is 0 Å². The average Bonchev–Trinajstić information content (AvgIpc) is 2.14. The number of aromatic amines is 1. The molecule has 5 nitrogen and oxygen atoms in total. The molecular formula is C7H3F5N2O3. The number of pyridine rings is 1. The molecule has 1 rings (SSSR count). The second-order valence-corrected chi connectivity index (χ2v) is 2.85. The zero-order valence-corrected chi connectivity index (χ0v) is 7.72. The summed E-state index contributed by atoms with van der Waals surface area (Å²) in [4.78, 5) is 20.9. The van der Waals surface area contributed by atoms with E-state index in [1.165, 1.54) is 4.98 Å². The van der Waals surface area contributed by atoms with Crippen molar-refractivity contribution in [1.82, 2.24) is 4.98 Å². The van der Waals surface area contributed by atoms with Crippen molar-refractivity contribution in [2.75, 3.05) is 0 Å². The Hall–Kier alpha value is -2.00. The Labute approximate surface area is 89.0 Å².